The van der Waals surface area contributed by atoms with Crippen LogP contribution in [0.2, 0.25) is 5.02 Å². The van der Waals surface area contributed by atoms with Crippen LogP contribution in [0.1, 0.15) is 17.2 Å². The maximum absolute atomic E-state index is 13.8. The lowest BCUT2D eigenvalue weighted by Gasteiger charge is -2.13. The first kappa shape index (κ1) is 14.4. The summed E-state index contributed by atoms with van der Waals surface area (Å²) in [6.45, 7) is 0. The van der Waals surface area contributed by atoms with E-state index in [1.807, 2.05) is 30.5 Å². The van der Waals surface area contributed by atoms with Gasteiger partial charge in [0.2, 0.25) is 0 Å². The molecule has 0 aliphatic rings. The highest BCUT2D eigenvalue weighted by atomic mass is 35.5. The van der Waals surface area contributed by atoms with Gasteiger partial charge in [0.15, 0.2) is 0 Å². The van der Waals surface area contributed by atoms with E-state index in [0.717, 1.165) is 5.56 Å². The van der Waals surface area contributed by atoms with Crippen LogP contribution >= 0.6 is 23.4 Å². The van der Waals surface area contributed by atoms with E-state index in [2.05, 4.69) is 0 Å². The molecule has 0 amide bonds. The van der Waals surface area contributed by atoms with E-state index in [-0.39, 0.29) is 16.9 Å². The van der Waals surface area contributed by atoms with Gasteiger partial charge in [-0.15, -0.1) is 11.8 Å². The molecule has 0 radical (unpaired) electrons. The van der Waals surface area contributed by atoms with Gasteiger partial charge in [-0.3, -0.25) is 0 Å². The van der Waals surface area contributed by atoms with Crippen molar-refractivity contribution in [3.05, 3.63) is 64.4 Å². The molecule has 4 heteroatoms. The van der Waals surface area contributed by atoms with Crippen LogP contribution in [0.5, 0.6) is 0 Å². The highest BCUT2D eigenvalue weighted by Crippen LogP contribution is 2.24. The Bertz CT molecular complexity index is 557. The highest BCUT2D eigenvalue weighted by molar-refractivity contribution is 7.98. The molecular formula is C15H15ClFNS. The van der Waals surface area contributed by atoms with Crippen molar-refractivity contribution < 1.29 is 4.39 Å². The maximum atomic E-state index is 13.8. The van der Waals surface area contributed by atoms with Crippen LogP contribution in [0.3, 0.4) is 0 Å². The molecule has 0 spiro atoms. The minimum atomic E-state index is -0.375. The van der Waals surface area contributed by atoms with Gasteiger partial charge in [-0.25, -0.2) is 4.39 Å². The van der Waals surface area contributed by atoms with Crippen LogP contribution in [0, 0.1) is 5.82 Å². The monoisotopic (exact) mass is 295 g/mol. The zero-order chi connectivity index (χ0) is 13.8. The van der Waals surface area contributed by atoms with E-state index < -0.39 is 0 Å². The second-order valence-corrected chi connectivity index (χ2v) is 5.58. The van der Waals surface area contributed by atoms with Gasteiger partial charge < -0.3 is 5.73 Å². The van der Waals surface area contributed by atoms with Gasteiger partial charge in [0.05, 0.1) is 5.02 Å². The van der Waals surface area contributed by atoms with Gasteiger partial charge in [0, 0.05) is 10.9 Å². The Kier molecular flexibility index (Phi) is 4.86. The largest absolute Gasteiger partial charge is 0.324 e. The first-order valence-electron chi connectivity index (χ1n) is 5.94. The second kappa shape index (κ2) is 6.42. The molecule has 0 aromatic heterocycles. The van der Waals surface area contributed by atoms with Crippen molar-refractivity contribution in [2.75, 3.05) is 6.26 Å². The lowest BCUT2D eigenvalue weighted by molar-refractivity contribution is 0.593. The third-order valence-electron chi connectivity index (χ3n) is 3.02. The average Bonchev–Trinajstić information content (AvgIpc) is 2.44. The predicted molar refractivity (Wildman–Crippen MR) is 80.3 cm³/mol. The van der Waals surface area contributed by atoms with Crippen LogP contribution in [0.25, 0.3) is 0 Å². The Balaban J connectivity index is 2.15. The van der Waals surface area contributed by atoms with Gasteiger partial charge in [-0.05, 0) is 42.0 Å². The van der Waals surface area contributed by atoms with Crippen LogP contribution in [-0.2, 0) is 6.42 Å². The van der Waals surface area contributed by atoms with Gasteiger partial charge in [0.1, 0.15) is 5.82 Å². The van der Waals surface area contributed by atoms with Gasteiger partial charge >= 0.3 is 0 Å². The summed E-state index contributed by atoms with van der Waals surface area (Å²) in [6.07, 6.45) is 2.46. The lowest BCUT2D eigenvalue weighted by atomic mass is 9.99. The topological polar surface area (TPSA) is 26.0 Å². The number of nitrogens with two attached hydrogens (primary N) is 1. The number of hydrogen-bond acceptors (Lipinski definition) is 2. The lowest BCUT2D eigenvalue weighted by Crippen LogP contribution is -2.14. The van der Waals surface area contributed by atoms with E-state index >= 15 is 0 Å². The molecule has 0 aliphatic heterocycles. The summed E-state index contributed by atoms with van der Waals surface area (Å²) in [5.74, 6) is -0.375. The summed E-state index contributed by atoms with van der Waals surface area (Å²) in [7, 11) is 0. The molecule has 0 bridgehead atoms. The van der Waals surface area contributed by atoms with Gasteiger partial charge in [-0.2, -0.15) is 0 Å². The number of thioether (sulfide) groups is 1. The standard InChI is InChI=1S/C15H15ClFNS/c1-19-12-7-5-10(6-8-12)14(18)9-11-3-2-4-13(16)15(11)17/h2-8,14H,9,18H2,1H3. The van der Waals surface area contributed by atoms with Crippen LogP contribution < -0.4 is 5.73 Å². The van der Waals surface area contributed by atoms with Crippen molar-refractivity contribution in [3.63, 3.8) is 0 Å². The van der Waals surface area contributed by atoms with E-state index in [4.69, 9.17) is 17.3 Å². The summed E-state index contributed by atoms with van der Waals surface area (Å²) < 4.78 is 13.8. The molecule has 19 heavy (non-hydrogen) atoms. The number of benzene rings is 2. The van der Waals surface area contributed by atoms with Crippen molar-refractivity contribution in [3.8, 4) is 0 Å². The Morgan fingerprint density at radius 2 is 1.89 bits per heavy atom. The second-order valence-electron chi connectivity index (χ2n) is 4.30. The Labute approximate surface area is 122 Å². The molecule has 0 saturated carbocycles. The fourth-order valence-corrected chi connectivity index (χ4v) is 2.51. The summed E-state index contributed by atoms with van der Waals surface area (Å²) in [4.78, 5) is 1.19. The molecule has 0 fully saturated rings. The number of rotatable bonds is 4. The predicted octanol–water partition coefficient (Wildman–Crippen LogP) is 4.44. The van der Waals surface area contributed by atoms with Crippen molar-refractivity contribution in [2.24, 2.45) is 5.73 Å². The first-order valence-corrected chi connectivity index (χ1v) is 7.54. The van der Waals surface area contributed by atoms with Crippen molar-refractivity contribution in [1.82, 2.24) is 0 Å². The molecule has 100 valence electrons. The molecule has 2 N–H and O–H groups in total. The van der Waals surface area contributed by atoms with Gasteiger partial charge in [0.25, 0.3) is 0 Å². The summed E-state index contributed by atoms with van der Waals surface area (Å²) in [5, 5.41) is 0.141. The zero-order valence-corrected chi connectivity index (χ0v) is 12.1. The van der Waals surface area contributed by atoms with Crippen molar-refractivity contribution in [1.29, 1.82) is 0 Å². The average molecular weight is 296 g/mol. The molecule has 2 aromatic carbocycles. The molecule has 0 aliphatic carbocycles. The molecular weight excluding hydrogens is 281 g/mol. The van der Waals surface area contributed by atoms with Gasteiger partial charge in [-0.1, -0.05) is 35.9 Å². The number of hydrogen-bond donors (Lipinski definition) is 1. The number of halogens is 2. The Morgan fingerprint density at radius 1 is 1.21 bits per heavy atom. The highest BCUT2D eigenvalue weighted by Gasteiger charge is 2.12. The molecule has 1 atom stereocenters. The quantitative estimate of drug-likeness (QED) is 0.844. The maximum Gasteiger partial charge on any atom is 0.145 e. The molecule has 1 unspecified atom stereocenters. The SMILES string of the molecule is CSc1ccc(C(N)Cc2cccc(Cl)c2F)cc1. The van der Waals surface area contributed by atoms with Crippen LogP contribution in [0.4, 0.5) is 4.39 Å². The van der Waals surface area contributed by atoms with E-state index in [1.54, 1.807) is 30.0 Å². The van der Waals surface area contributed by atoms with Crippen LogP contribution in [-0.4, -0.2) is 6.26 Å². The first-order chi connectivity index (χ1) is 9.11. The molecule has 0 heterocycles. The summed E-state index contributed by atoms with van der Waals surface area (Å²) in [6, 6.07) is 12.8. The summed E-state index contributed by atoms with van der Waals surface area (Å²) >= 11 is 7.44. The minimum absolute atomic E-state index is 0.141. The zero-order valence-electron chi connectivity index (χ0n) is 10.6. The van der Waals surface area contributed by atoms with Crippen molar-refractivity contribution in [2.45, 2.75) is 17.4 Å². The molecule has 2 rings (SSSR count). The third kappa shape index (κ3) is 3.50. The smallest absolute Gasteiger partial charge is 0.145 e. The summed E-state index contributed by atoms with van der Waals surface area (Å²) in [5.41, 5.74) is 7.67. The van der Waals surface area contributed by atoms with Crippen molar-refractivity contribution >= 4 is 23.4 Å². The van der Waals surface area contributed by atoms with E-state index in [1.165, 1.54) is 4.90 Å². The van der Waals surface area contributed by atoms with E-state index in [0.29, 0.717) is 12.0 Å². The fraction of sp³-hybridized carbons (Fsp3) is 0.200. The fourth-order valence-electron chi connectivity index (χ4n) is 1.91. The minimum Gasteiger partial charge on any atom is -0.324 e. The normalized spacial score (nSPS) is 12.4. The molecule has 1 nitrogen and oxygen atoms in total. The van der Waals surface area contributed by atoms with E-state index in [9.17, 15) is 4.39 Å². The third-order valence-corrected chi connectivity index (χ3v) is 4.05. The van der Waals surface area contributed by atoms with Crippen LogP contribution in [0.15, 0.2) is 47.4 Å². The molecule has 0 saturated heterocycles. The Morgan fingerprint density at radius 3 is 2.53 bits per heavy atom. The Hall–Kier alpha value is -1.03. The molecule has 2 aromatic rings.